The second-order valence-electron chi connectivity index (χ2n) is 7.02. The SMILES string of the molecule is NCCc1c(N)sc2c1CCC1=NN(Cc3cccc(C(F)(F)F)c3)CC12. The topological polar surface area (TPSA) is 67.6 Å². The van der Waals surface area contributed by atoms with E-state index in [2.05, 4.69) is 0 Å². The highest BCUT2D eigenvalue weighted by Gasteiger charge is 2.36. The molecule has 1 unspecified atom stereocenters. The summed E-state index contributed by atoms with van der Waals surface area (Å²) in [5.41, 5.74) is 15.5. The summed E-state index contributed by atoms with van der Waals surface area (Å²) in [5.74, 6) is 0.193. The summed E-state index contributed by atoms with van der Waals surface area (Å²) in [6, 6.07) is 5.46. The van der Waals surface area contributed by atoms with Crippen LogP contribution in [0.5, 0.6) is 0 Å². The number of hydrazone groups is 1. The van der Waals surface area contributed by atoms with Crippen LogP contribution in [0.2, 0.25) is 0 Å². The molecule has 1 aromatic carbocycles. The monoisotopic (exact) mass is 394 g/mol. The first-order valence-corrected chi connectivity index (χ1v) is 9.77. The molecule has 0 bridgehead atoms. The van der Waals surface area contributed by atoms with Crippen molar-refractivity contribution in [2.24, 2.45) is 10.8 Å². The molecule has 4 N–H and O–H groups in total. The van der Waals surface area contributed by atoms with E-state index in [1.807, 2.05) is 5.01 Å². The van der Waals surface area contributed by atoms with E-state index in [-0.39, 0.29) is 5.92 Å². The molecule has 0 fully saturated rings. The molecule has 2 heterocycles. The van der Waals surface area contributed by atoms with Gasteiger partial charge in [-0.1, -0.05) is 12.1 Å². The van der Waals surface area contributed by atoms with E-state index in [0.717, 1.165) is 36.0 Å². The van der Waals surface area contributed by atoms with Gasteiger partial charge in [0.2, 0.25) is 0 Å². The third-order valence-corrected chi connectivity index (χ3v) is 6.42. The van der Waals surface area contributed by atoms with Crippen LogP contribution in [-0.4, -0.2) is 23.8 Å². The summed E-state index contributed by atoms with van der Waals surface area (Å²) in [6.07, 6.45) is -1.77. The Morgan fingerprint density at radius 1 is 1.26 bits per heavy atom. The molecule has 0 radical (unpaired) electrons. The zero-order chi connectivity index (χ0) is 19.2. The second kappa shape index (κ2) is 6.83. The number of thiophene rings is 1. The third kappa shape index (κ3) is 3.43. The van der Waals surface area contributed by atoms with Crippen LogP contribution < -0.4 is 11.5 Å². The minimum Gasteiger partial charge on any atom is -0.390 e. The van der Waals surface area contributed by atoms with Gasteiger partial charge in [-0.25, -0.2) is 0 Å². The van der Waals surface area contributed by atoms with Crippen molar-refractivity contribution in [3.8, 4) is 0 Å². The summed E-state index contributed by atoms with van der Waals surface area (Å²) in [6.45, 7) is 1.62. The van der Waals surface area contributed by atoms with Crippen LogP contribution in [0.4, 0.5) is 18.2 Å². The highest BCUT2D eigenvalue weighted by atomic mass is 32.1. The van der Waals surface area contributed by atoms with Crippen LogP contribution in [-0.2, 0) is 25.6 Å². The van der Waals surface area contributed by atoms with Crippen LogP contribution >= 0.6 is 11.3 Å². The average molecular weight is 394 g/mol. The van der Waals surface area contributed by atoms with Gasteiger partial charge in [0.15, 0.2) is 0 Å². The largest absolute Gasteiger partial charge is 0.416 e. The Hall–Kier alpha value is -2.06. The smallest absolute Gasteiger partial charge is 0.390 e. The van der Waals surface area contributed by atoms with Gasteiger partial charge in [0.25, 0.3) is 0 Å². The predicted molar refractivity (Wildman–Crippen MR) is 102 cm³/mol. The zero-order valence-electron chi connectivity index (χ0n) is 14.7. The van der Waals surface area contributed by atoms with Crippen molar-refractivity contribution in [3.05, 3.63) is 51.4 Å². The lowest BCUT2D eigenvalue weighted by atomic mass is 9.85. The molecule has 1 atom stereocenters. The zero-order valence-corrected chi connectivity index (χ0v) is 15.5. The first kappa shape index (κ1) is 18.3. The Labute approximate surface area is 159 Å². The molecule has 0 saturated heterocycles. The van der Waals surface area contributed by atoms with Crippen molar-refractivity contribution < 1.29 is 13.2 Å². The molecule has 0 spiro atoms. The molecule has 0 amide bonds. The quantitative estimate of drug-likeness (QED) is 0.830. The summed E-state index contributed by atoms with van der Waals surface area (Å²) in [7, 11) is 0. The van der Waals surface area contributed by atoms with E-state index in [4.69, 9.17) is 16.6 Å². The number of rotatable bonds is 4. The van der Waals surface area contributed by atoms with Crippen molar-refractivity contribution in [2.75, 3.05) is 18.8 Å². The van der Waals surface area contributed by atoms with E-state index in [9.17, 15) is 13.2 Å². The Morgan fingerprint density at radius 2 is 2.07 bits per heavy atom. The van der Waals surface area contributed by atoms with E-state index in [1.54, 1.807) is 17.4 Å². The molecule has 4 nitrogen and oxygen atoms in total. The van der Waals surface area contributed by atoms with Crippen molar-refractivity contribution in [2.45, 2.75) is 37.9 Å². The van der Waals surface area contributed by atoms with E-state index >= 15 is 0 Å². The van der Waals surface area contributed by atoms with Gasteiger partial charge >= 0.3 is 6.18 Å². The lowest BCUT2D eigenvalue weighted by molar-refractivity contribution is -0.137. The molecule has 0 saturated carbocycles. The van der Waals surface area contributed by atoms with Gasteiger partial charge in [0.05, 0.1) is 23.0 Å². The first-order valence-electron chi connectivity index (χ1n) is 8.95. The fourth-order valence-corrected chi connectivity index (χ4v) is 5.28. The second-order valence-corrected chi connectivity index (χ2v) is 8.10. The summed E-state index contributed by atoms with van der Waals surface area (Å²) in [4.78, 5) is 1.26. The molecule has 1 aliphatic heterocycles. The normalized spacial score (nSPS) is 19.0. The maximum Gasteiger partial charge on any atom is 0.416 e. The van der Waals surface area contributed by atoms with Gasteiger partial charge in [-0.15, -0.1) is 11.3 Å². The van der Waals surface area contributed by atoms with Crippen molar-refractivity contribution in [3.63, 3.8) is 0 Å². The maximum atomic E-state index is 12.9. The van der Waals surface area contributed by atoms with Crippen molar-refractivity contribution >= 4 is 22.0 Å². The fraction of sp³-hybridized carbons (Fsp3) is 0.421. The third-order valence-electron chi connectivity index (χ3n) is 5.21. The maximum absolute atomic E-state index is 12.9. The van der Waals surface area contributed by atoms with Gasteiger partial charge in [0.1, 0.15) is 0 Å². The lowest BCUT2D eigenvalue weighted by Gasteiger charge is -2.20. The summed E-state index contributed by atoms with van der Waals surface area (Å²) >= 11 is 1.61. The van der Waals surface area contributed by atoms with Crippen molar-refractivity contribution in [1.82, 2.24) is 5.01 Å². The number of hydrogen-bond donors (Lipinski definition) is 2. The molecule has 1 aliphatic carbocycles. The molecular weight excluding hydrogens is 373 g/mol. The number of nitrogens with two attached hydrogens (primary N) is 2. The molecule has 144 valence electrons. The van der Waals surface area contributed by atoms with Crippen LogP contribution in [0.3, 0.4) is 0 Å². The predicted octanol–water partition coefficient (Wildman–Crippen LogP) is 3.75. The number of benzene rings is 1. The lowest BCUT2D eigenvalue weighted by Crippen LogP contribution is -2.21. The highest BCUT2D eigenvalue weighted by Crippen LogP contribution is 2.44. The van der Waals surface area contributed by atoms with Crippen LogP contribution in [0, 0.1) is 0 Å². The van der Waals surface area contributed by atoms with Crippen LogP contribution in [0.1, 0.15) is 39.5 Å². The minimum absolute atomic E-state index is 0.193. The number of nitrogen functional groups attached to an aromatic ring is 1. The number of alkyl halides is 3. The molecule has 1 aromatic heterocycles. The summed E-state index contributed by atoms with van der Waals surface area (Å²) < 4.78 is 38.8. The number of nitrogens with zero attached hydrogens (tertiary/aromatic N) is 2. The molecule has 2 aliphatic rings. The molecule has 8 heteroatoms. The molecule has 4 rings (SSSR count). The van der Waals surface area contributed by atoms with Gasteiger partial charge in [-0.3, -0.25) is 5.01 Å². The fourth-order valence-electron chi connectivity index (χ4n) is 3.99. The molecule has 27 heavy (non-hydrogen) atoms. The van der Waals surface area contributed by atoms with Gasteiger partial charge in [0, 0.05) is 17.1 Å². The van der Waals surface area contributed by atoms with Crippen molar-refractivity contribution in [1.29, 1.82) is 0 Å². The number of halogens is 3. The number of fused-ring (bicyclic) bond motifs is 3. The van der Waals surface area contributed by atoms with E-state index in [1.165, 1.54) is 28.1 Å². The number of anilines is 1. The highest BCUT2D eigenvalue weighted by molar-refractivity contribution is 7.16. The standard InChI is InChI=1S/C19H21F3N4S/c20-19(21,22)12-3-1-2-11(8-12)9-26-10-15-16(25-26)5-4-13-14(6-7-23)18(24)27-17(13)15/h1-3,8,15H,4-7,9-10,23-24H2. The van der Waals surface area contributed by atoms with Gasteiger partial charge < -0.3 is 11.5 Å². The summed E-state index contributed by atoms with van der Waals surface area (Å²) in [5, 5.41) is 7.41. The Kier molecular flexibility index (Phi) is 4.63. The van der Waals surface area contributed by atoms with Gasteiger partial charge in [-0.05, 0) is 54.6 Å². The Morgan fingerprint density at radius 3 is 2.81 bits per heavy atom. The van der Waals surface area contributed by atoms with Crippen LogP contribution in [0.25, 0.3) is 0 Å². The number of hydrogen-bond acceptors (Lipinski definition) is 5. The Balaban J connectivity index is 1.54. The van der Waals surface area contributed by atoms with Gasteiger partial charge in [-0.2, -0.15) is 18.3 Å². The molecule has 2 aromatic rings. The van der Waals surface area contributed by atoms with E-state index < -0.39 is 11.7 Å². The minimum atomic E-state index is -4.33. The van der Waals surface area contributed by atoms with E-state index in [0.29, 0.717) is 25.2 Å². The van der Waals surface area contributed by atoms with Crippen LogP contribution in [0.15, 0.2) is 29.4 Å². The molecular formula is C19H21F3N4S. The average Bonchev–Trinajstić information content (AvgIpc) is 3.16. The first-order chi connectivity index (χ1) is 12.9. The Bertz CT molecular complexity index is 888.